The van der Waals surface area contributed by atoms with Crippen LogP contribution >= 0.6 is 11.8 Å². The van der Waals surface area contributed by atoms with E-state index in [-0.39, 0.29) is 18.5 Å². The van der Waals surface area contributed by atoms with Crippen LogP contribution in [-0.2, 0) is 9.47 Å². The van der Waals surface area contributed by atoms with Gasteiger partial charge in [0.1, 0.15) is 11.5 Å². The van der Waals surface area contributed by atoms with Crippen LogP contribution in [0.5, 0.6) is 11.5 Å². The van der Waals surface area contributed by atoms with Gasteiger partial charge in [0.2, 0.25) is 5.78 Å². The molecule has 0 aliphatic carbocycles. The second kappa shape index (κ2) is 10.3. The van der Waals surface area contributed by atoms with Gasteiger partial charge in [0.05, 0.1) is 31.5 Å². The van der Waals surface area contributed by atoms with Gasteiger partial charge in [-0.2, -0.15) is 0 Å². The normalized spacial score (nSPS) is 15.7. The van der Waals surface area contributed by atoms with Crippen molar-refractivity contribution in [1.82, 2.24) is 0 Å². The number of thioether (sulfide) groups is 1. The maximum absolute atomic E-state index is 12.6. The zero-order chi connectivity index (χ0) is 20.6. The number of methoxy groups -OCH3 is 2. The smallest absolute Gasteiger partial charge is 0.339 e. The van der Waals surface area contributed by atoms with Crippen LogP contribution in [0.2, 0.25) is 0 Å². The molecule has 7 heteroatoms. The molecule has 154 valence electrons. The first-order valence-corrected chi connectivity index (χ1v) is 10.4. The Hall–Kier alpha value is -2.51. The van der Waals surface area contributed by atoms with E-state index in [2.05, 4.69) is 0 Å². The molecular formula is C22H24O6S. The molecule has 1 saturated heterocycles. The van der Waals surface area contributed by atoms with Crippen molar-refractivity contribution in [3.63, 3.8) is 0 Å². The van der Waals surface area contributed by atoms with E-state index in [1.807, 2.05) is 12.1 Å². The van der Waals surface area contributed by atoms with Crippen LogP contribution in [0.15, 0.2) is 47.4 Å². The highest BCUT2D eigenvalue weighted by Crippen LogP contribution is 2.28. The van der Waals surface area contributed by atoms with Gasteiger partial charge in [0.15, 0.2) is 6.61 Å². The lowest BCUT2D eigenvalue weighted by Crippen LogP contribution is -2.16. The monoisotopic (exact) mass is 416 g/mol. The number of rotatable bonds is 9. The van der Waals surface area contributed by atoms with Crippen molar-refractivity contribution in [3.05, 3.63) is 53.6 Å². The number of Topliss-reactive ketones (excluding diaryl/α,β-unsaturated/α-hetero) is 1. The van der Waals surface area contributed by atoms with Crippen molar-refractivity contribution in [2.45, 2.75) is 23.8 Å². The molecule has 1 atom stereocenters. The molecule has 1 fully saturated rings. The molecule has 2 aromatic rings. The van der Waals surface area contributed by atoms with Gasteiger partial charge in [-0.15, -0.1) is 11.8 Å². The largest absolute Gasteiger partial charge is 0.497 e. The molecule has 1 heterocycles. The third kappa shape index (κ3) is 5.52. The van der Waals surface area contributed by atoms with Crippen molar-refractivity contribution >= 4 is 23.5 Å². The summed E-state index contributed by atoms with van der Waals surface area (Å²) in [6.07, 6.45) is 2.33. The number of carbonyl (C=O) groups is 2. The Kier molecular flexibility index (Phi) is 7.55. The lowest BCUT2D eigenvalue weighted by molar-refractivity contribution is 0.0470. The average molecular weight is 416 g/mol. The Balaban J connectivity index is 1.64. The van der Waals surface area contributed by atoms with E-state index in [1.165, 1.54) is 14.2 Å². The van der Waals surface area contributed by atoms with E-state index in [1.54, 1.807) is 42.1 Å². The van der Waals surface area contributed by atoms with Crippen LogP contribution in [0.25, 0.3) is 0 Å². The Morgan fingerprint density at radius 3 is 2.66 bits per heavy atom. The van der Waals surface area contributed by atoms with Crippen LogP contribution in [-0.4, -0.2) is 51.0 Å². The summed E-state index contributed by atoms with van der Waals surface area (Å²) in [5.41, 5.74) is 0.751. The summed E-state index contributed by atoms with van der Waals surface area (Å²) in [6.45, 7) is 0.415. The molecular weight excluding hydrogens is 392 g/mol. The van der Waals surface area contributed by atoms with E-state index < -0.39 is 5.97 Å². The average Bonchev–Trinajstić information content (AvgIpc) is 3.29. The number of benzene rings is 2. The number of hydrogen-bond acceptors (Lipinski definition) is 7. The highest BCUT2D eigenvalue weighted by molar-refractivity contribution is 7.99. The van der Waals surface area contributed by atoms with E-state index >= 15 is 0 Å². The SMILES string of the molecule is COc1ccc(OC)c(C(=O)COC(=O)c2ccccc2SC[C@@H]2CCCO2)c1. The predicted octanol–water partition coefficient (Wildman–Crippen LogP) is 4.01. The predicted molar refractivity (Wildman–Crippen MR) is 110 cm³/mol. The zero-order valence-corrected chi connectivity index (χ0v) is 17.3. The summed E-state index contributed by atoms with van der Waals surface area (Å²) in [5, 5.41) is 0. The van der Waals surface area contributed by atoms with Gasteiger partial charge in [0.25, 0.3) is 0 Å². The number of carbonyl (C=O) groups excluding carboxylic acids is 2. The first-order chi connectivity index (χ1) is 14.1. The van der Waals surface area contributed by atoms with Crippen LogP contribution in [0.4, 0.5) is 0 Å². The minimum Gasteiger partial charge on any atom is -0.497 e. The van der Waals surface area contributed by atoms with Gasteiger partial charge in [0, 0.05) is 17.3 Å². The molecule has 6 nitrogen and oxygen atoms in total. The Morgan fingerprint density at radius 2 is 1.93 bits per heavy atom. The van der Waals surface area contributed by atoms with Crippen LogP contribution in [0.3, 0.4) is 0 Å². The van der Waals surface area contributed by atoms with Gasteiger partial charge < -0.3 is 18.9 Å². The molecule has 0 aromatic heterocycles. The van der Waals surface area contributed by atoms with Gasteiger partial charge in [-0.05, 0) is 43.2 Å². The van der Waals surface area contributed by atoms with E-state index in [4.69, 9.17) is 18.9 Å². The molecule has 0 amide bonds. The van der Waals surface area contributed by atoms with Crippen molar-refractivity contribution in [2.24, 2.45) is 0 Å². The molecule has 0 spiro atoms. The fraction of sp³-hybridized carbons (Fsp3) is 0.364. The second-order valence-corrected chi connectivity index (χ2v) is 7.57. The Morgan fingerprint density at radius 1 is 1.10 bits per heavy atom. The molecule has 0 unspecified atom stereocenters. The second-order valence-electron chi connectivity index (χ2n) is 6.51. The minimum absolute atomic E-state index is 0.214. The van der Waals surface area contributed by atoms with Crippen molar-refractivity contribution in [1.29, 1.82) is 0 Å². The van der Waals surface area contributed by atoms with Crippen LogP contribution < -0.4 is 9.47 Å². The minimum atomic E-state index is -0.532. The molecule has 3 rings (SSSR count). The molecule has 2 aromatic carbocycles. The standard InChI is InChI=1S/C22H24O6S/c1-25-15-9-10-20(26-2)18(12-15)19(23)13-28-22(24)17-7-3-4-8-21(17)29-14-16-6-5-11-27-16/h3-4,7-10,12,16H,5-6,11,13-14H2,1-2H3/t16-/m0/s1. The van der Waals surface area contributed by atoms with Crippen LogP contribution in [0, 0.1) is 0 Å². The quantitative estimate of drug-likeness (QED) is 0.347. The molecule has 0 N–H and O–H groups in total. The third-order valence-corrected chi connectivity index (χ3v) is 5.80. The van der Waals surface area contributed by atoms with E-state index in [0.29, 0.717) is 22.6 Å². The maximum atomic E-state index is 12.6. The molecule has 29 heavy (non-hydrogen) atoms. The van der Waals surface area contributed by atoms with E-state index in [0.717, 1.165) is 30.1 Å². The highest BCUT2D eigenvalue weighted by Gasteiger charge is 2.20. The van der Waals surface area contributed by atoms with Crippen molar-refractivity contribution < 1.29 is 28.5 Å². The number of hydrogen-bond donors (Lipinski definition) is 0. The van der Waals surface area contributed by atoms with Crippen LogP contribution in [0.1, 0.15) is 33.6 Å². The number of ketones is 1. The van der Waals surface area contributed by atoms with Gasteiger partial charge in [-0.25, -0.2) is 4.79 Å². The summed E-state index contributed by atoms with van der Waals surface area (Å²) >= 11 is 1.57. The molecule has 0 radical (unpaired) electrons. The fourth-order valence-corrected chi connectivity index (χ4v) is 4.15. The lowest BCUT2D eigenvalue weighted by atomic mass is 10.1. The lowest BCUT2D eigenvalue weighted by Gasteiger charge is -2.12. The number of ether oxygens (including phenoxy) is 4. The van der Waals surface area contributed by atoms with Gasteiger partial charge in [-0.3, -0.25) is 4.79 Å². The summed E-state index contributed by atoms with van der Waals surface area (Å²) in [7, 11) is 2.99. The third-order valence-electron chi connectivity index (χ3n) is 4.60. The van der Waals surface area contributed by atoms with Crippen molar-refractivity contribution in [3.8, 4) is 11.5 Å². The number of esters is 1. The highest BCUT2D eigenvalue weighted by atomic mass is 32.2. The zero-order valence-electron chi connectivity index (χ0n) is 16.5. The first-order valence-electron chi connectivity index (χ1n) is 9.38. The van der Waals surface area contributed by atoms with E-state index in [9.17, 15) is 9.59 Å². The Bertz CT molecular complexity index is 860. The molecule has 0 saturated carbocycles. The summed E-state index contributed by atoms with van der Waals surface area (Å²) in [6, 6.07) is 12.1. The summed E-state index contributed by atoms with van der Waals surface area (Å²) in [5.74, 6) is 0.814. The molecule has 1 aliphatic heterocycles. The summed E-state index contributed by atoms with van der Waals surface area (Å²) in [4.78, 5) is 26.0. The topological polar surface area (TPSA) is 71.1 Å². The maximum Gasteiger partial charge on any atom is 0.339 e. The van der Waals surface area contributed by atoms with Gasteiger partial charge >= 0.3 is 5.97 Å². The van der Waals surface area contributed by atoms with Crippen molar-refractivity contribution in [2.75, 3.05) is 33.2 Å². The molecule has 0 bridgehead atoms. The first kappa shape index (κ1) is 21.2. The molecule has 1 aliphatic rings. The fourth-order valence-electron chi connectivity index (χ4n) is 3.04. The van der Waals surface area contributed by atoms with Gasteiger partial charge in [-0.1, -0.05) is 12.1 Å². The summed E-state index contributed by atoms with van der Waals surface area (Å²) < 4.78 is 21.3. The Labute approximate surface area is 174 Å².